The molecule has 1 aliphatic carbocycles. The molecular weight excluding hydrogens is 416 g/mol. The predicted octanol–water partition coefficient (Wildman–Crippen LogP) is -0.939. The molecular formula is C17H18N6O6S. The Bertz CT molecular complexity index is 1410. The Balaban J connectivity index is 1.84. The summed E-state index contributed by atoms with van der Waals surface area (Å²) in [6, 6.07) is 3.92. The number of carbonyl (C=O) groups is 1. The van der Waals surface area contributed by atoms with Crippen molar-refractivity contribution in [3.8, 4) is 0 Å². The minimum Gasteiger partial charge on any atom is -0.361 e. The van der Waals surface area contributed by atoms with E-state index >= 15 is 0 Å². The second kappa shape index (κ2) is 6.60. The molecule has 3 aromatic rings. The zero-order chi connectivity index (χ0) is 21.8. The summed E-state index contributed by atoms with van der Waals surface area (Å²) in [4.78, 5) is 40.1. The zero-order valence-corrected chi connectivity index (χ0v) is 16.9. The maximum absolute atomic E-state index is 12.7. The lowest BCUT2D eigenvalue weighted by atomic mass is 10.2. The molecule has 0 spiro atoms. The van der Waals surface area contributed by atoms with Crippen LogP contribution in [0.3, 0.4) is 0 Å². The lowest BCUT2D eigenvalue weighted by Gasteiger charge is -2.14. The van der Waals surface area contributed by atoms with Crippen molar-refractivity contribution in [2.45, 2.75) is 36.7 Å². The van der Waals surface area contributed by atoms with Crippen LogP contribution in [0.25, 0.3) is 10.9 Å². The molecule has 13 heteroatoms. The van der Waals surface area contributed by atoms with Gasteiger partial charge in [0.15, 0.2) is 5.82 Å². The number of fused-ring (bicyclic) bond motifs is 1. The van der Waals surface area contributed by atoms with Crippen molar-refractivity contribution in [1.29, 1.82) is 0 Å². The van der Waals surface area contributed by atoms with Crippen LogP contribution in [0, 0.1) is 0 Å². The topological polar surface area (TPSA) is 172 Å². The number of nitrogens with zero attached hydrogens (tertiary/aromatic N) is 4. The van der Waals surface area contributed by atoms with Crippen LogP contribution in [0.2, 0.25) is 0 Å². The highest BCUT2D eigenvalue weighted by Gasteiger charge is 2.41. The smallest absolute Gasteiger partial charge is 0.331 e. The van der Waals surface area contributed by atoms with Crippen LogP contribution in [0.1, 0.15) is 36.3 Å². The van der Waals surface area contributed by atoms with Gasteiger partial charge in [-0.25, -0.2) is 17.9 Å². The molecule has 1 amide bonds. The van der Waals surface area contributed by atoms with Gasteiger partial charge in [0.1, 0.15) is 0 Å². The Kier molecular flexibility index (Phi) is 4.39. The van der Waals surface area contributed by atoms with Crippen LogP contribution >= 0.6 is 0 Å². The van der Waals surface area contributed by atoms with E-state index in [4.69, 9.17) is 10.3 Å². The number of nitrogens with one attached hydrogen (secondary N) is 1. The van der Waals surface area contributed by atoms with Crippen LogP contribution < -0.4 is 21.7 Å². The van der Waals surface area contributed by atoms with Crippen molar-refractivity contribution in [2.75, 3.05) is 0 Å². The second-order valence-corrected chi connectivity index (χ2v) is 9.14. The van der Waals surface area contributed by atoms with Gasteiger partial charge in [0.05, 0.1) is 22.3 Å². The molecule has 1 aromatic carbocycles. The number of aromatic nitrogens is 4. The fourth-order valence-corrected chi connectivity index (χ4v) is 4.52. The van der Waals surface area contributed by atoms with E-state index in [0.717, 1.165) is 17.4 Å². The van der Waals surface area contributed by atoms with Gasteiger partial charge in [-0.2, -0.15) is 4.98 Å². The molecule has 2 aromatic heterocycles. The Hall–Kier alpha value is -3.32. The molecule has 30 heavy (non-hydrogen) atoms. The van der Waals surface area contributed by atoms with Gasteiger partial charge in [-0.3, -0.25) is 18.7 Å². The molecule has 0 aliphatic heterocycles. The minimum atomic E-state index is -3.84. The number of sulfonamides is 1. The van der Waals surface area contributed by atoms with Gasteiger partial charge in [-0.05, 0) is 38.0 Å². The summed E-state index contributed by atoms with van der Waals surface area (Å²) in [5.74, 6) is -1.34. The highest BCUT2D eigenvalue weighted by atomic mass is 32.2. The molecule has 1 aliphatic rings. The Morgan fingerprint density at radius 3 is 2.63 bits per heavy atom. The molecule has 0 radical (unpaired) electrons. The zero-order valence-electron chi connectivity index (χ0n) is 16.1. The molecule has 0 saturated heterocycles. The summed E-state index contributed by atoms with van der Waals surface area (Å²) in [6.07, 6.45) is 1.47. The third-order valence-corrected chi connectivity index (χ3v) is 6.62. The van der Waals surface area contributed by atoms with Crippen molar-refractivity contribution in [1.82, 2.24) is 24.0 Å². The van der Waals surface area contributed by atoms with Gasteiger partial charge in [0.2, 0.25) is 10.0 Å². The largest absolute Gasteiger partial charge is 0.361 e. The lowest BCUT2D eigenvalue weighted by Crippen LogP contribution is -2.39. The van der Waals surface area contributed by atoms with Gasteiger partial charge in [-0.1, -0.05) is 5.16 Å². The number of primary amides is 1. The van der Waals surface area contributed by atoms with Crippen molar-refractivity contribution in [3.63, 3.8) is 0 Å². The quantitative estimate of drug-likeness (QED) is 0.500. The van der Waals surface area contributed by atoms with E-state index in [1.807, 2.05) is 0 Å². The maximum Gasteiger partial charge on any atom is 0.331 e. The summed E-state index contributed by atoms with van der Waals surface area (Å²) in [5, 5.41) is 3.62. The van der Waals surface area contributed by atoms with Gasteiger partial charge < -0.3 is 10.3 Å². The number of carbonyl (C=O) groups excluding carboxylic acids is 1. The second-order valence-electron chi connectivity index (χ2n) is 7.46. The van der Waals surface area contributed by atoms with Crippen LogP contribution in [-0.4, -0.2) is 39.1 Å². The molecule has 4 rings (SSSR count). The summed E-state index contributed by atoms with van der Waals surface area (Å²) in [6.45, 7) is 1.58. The molecule has 1 fully saturated rings. The molecule has 158 valence electrons. The Morgan fingerprint density at radius 2 is 2.03 bits per heavy atom. The molecule has 3 N–H and O–H groups in total. The highest BCUT2D eigenvalue weighted by molar-refractivity contribution is 7.89. The fraction of sp³-hybridized carbons (Fsp3) is 0.353. The summed E-state index contributed by atoms with van der Waals surface area (Å²) in [7, 11) is -2.57. The Morgan fingerprint density at radius 1 is 1.33 bits per heavy atom. The van der Waals surface area contributed by atoms with E-state index < -0.39 is 38.6 Å². The third-order valence-electron chi connectivity index (χ3n) is 4.98. The summed E-state index contributed by atoms with van der Waals surface area (Å²) >= 11 is 0. The fourth-order valence-electron chi connectivity index (χ4n) is 3.03. The van der Waals surface area contributed by atoms with E-state index in [1.165, 1.54) is 29.8 Å². The normalized spacial score (nSPS) is 15.4. The summed E-state index contributed by atoms with van der Waals surface area (Å²) < 4.78 is 34.7. The number of amides is 1. The number of benzene rings is 1. The van der Waals surface area contributed by atoms with Gasteiger partial charge in [0.25, 0.3) is 5.56 Å². The highest BCUT2D eigenvalue weighted by Crippen LogP contribution is 2.36. The number of hydrogen-bond acceptors (Lipinski definition) is 8. The molecule has 12 nitrogen and oxygen atoms in total. The van der Waals surface area contributed by atoms with Crippen LogP contribution in [-0.2, 0) is 23.6 Å². The molecule has 0 atom stereocenters. The minimum absolute atomic E-state index is 0.00845. The van der Waals surface area contributed by atoms with Crippen LogP contribution in [0.15, 0.2) is 37.2 Å². The lowest BCUT2D eigenvalue weighted by molar-refractivity contribution is 0.0958. The van der Waals surface area contributed by atoms with E-state index in [1.54, 1.807) is 6.92 Å². The first-order chi connectivity index (χ1) is 14.0. The van der Waals surface area contributed by atoms with E-state index in [-0.39, 0.29) is 28.2 Å². The van der Waals surface area contributed by atoms with Crippen molar-refractivity contribution in [2.24, 2.45) is 12.8 Å². The SMILES string of the molecule is Cn1c(=O)c2cc(S(=O)(=O)NC3(C)CC3)ccc2n(Cc2noc(C(N)=O)n2)c1=O. The molecule has 0 unspecified atom stereocenters. The first-order valence-corrected chi connectivity index (χ1v) is 10.4. The number of nitrogens with two attached hydrogens (primary N) is 1. The number of hydrogen-bond donors (Lipinski definition) is 2. The van der Waals surface area contributed by atoms with Crippen LogP contribution in [0.5, 0.6) is 0 Å². The maximum atomic E-state index is 12.7. The van der Waals surface area contributed by atoms with Crippen molar-refractivity contribution >= 4 is 26.8 Å². The predicted molar refractivity (Wildman–Crippen MR) is 103 cm³/mol. The van der Waals surface area contributed by atoms with Gasteiger partial charge >= 0.3 is 17.5 Å². The average molecular weight is 434 g/mol. The number of rotatable bonds is 6. The van der Waals surface area contributed by atoms with Gasteiger partial charge in [0, 0.05) is 12.6 Å². The van der Waals surface area contributed by atoms with E-state index in [2.05, 4.69) is 14.9 Å². The van der Waals surface area contributed by atoms with E-state index in [9.17, 15) is 22.8 Å². The van der Waals surface area contributed by atoms with Gasteiger partial charge in [-0.15, -0.1) is 0 Å². The molecule has 1 saturated carbocycles. The monoisotopic (exact) mass is 434 g/mol. The van der Waals surface area contributed by atoms with Crippen molar-refractivity contribution in [3.05, 3.63) is 50.8 Å². The standard InChI is InChI=1S/C17H18N6O6S/c1-17(5-6-17)21-30(27,28)9-3-4-11-10(7-9)15(25)22(2)16(26)23(11)8-12-19-14(13(18)24)29-20-12/h3-4,7,21H,5-6,8H2,1-2H3,(H2,18,24). The van der Waals surface area contributed by atoms with Crippen molar-refractivity contribution < 1.29 is 17.7 Å². The first kappa shape index (κ1) is 20.0. The first-order valence-electron chi connectivity index (χ1n) is 8.91. The average Bonchev–Trinajstić information content (AvgIpc) is 3.21. The third kappa shape index (κ3) is 3.41. The Labute approximate surface area is 169 Å². The van der Waals surface area contributed by atoms with Crippen LogP contribution in [0.4, 0.5) is 0 Å². The summed E-state index contributed by atoms with van der Waals surface area (Å²) in [5.41, 5.74) is 3.47. The van der Waals surface area contributed by atoms with E-state index in [0.29, 0.717) is 0 Å². The molecule has 2 heterocycles. The molecule has 0 bridgehead atoms.